The molecule has 0 saturated carbocycles. The Balaban J connectivity index is 1.40. The third kappa shape index (κ3) is 6.73. The van der Waals surface area contributed by atoms with Crippen molar-refractivity contribution in [1.82, 2.24) is 15.6 Å². The summed E-state index contributed by atoms with van der Waals surface area (Å²) in [5.74, 6) is 0.702. The molecule has 1 aromatic heterocycles. The van der Waals surface area contributed by atoms with E-state index >= 15 is 0 Å². The lowest BCUT2D eigenvalue weighted by Crippen LogP contribution is -2.35. The first-order valence-corrected chi connectivity index (χ1v) is 9.88. The number of aromatic nitrogens is 1. The van der Waals surface area contributed by atoms with Gasteiger partial charge in [0.15, 0.2) is 0 Å². The molecule has 0 aliphatic rings. The zero-order chi connectivity index (χ0) is 20.5. The average Bonchev–Trinajstić information content (AvgIpc) is 2.72. The van der Waals surface area contributed by atoms with E-state index in [9.17, 15) is 9.59 Å². The summed E-state index contributed by atoms with van der Waals surface area (Å²) >= 11 is 3.38. The highest BCUT2D eigenvalue weighted by atomic mass is 79.9. The fourth-order valence-electron chi connectivity index (χ4n) is 2.55. The van der Waals surface area contributed by atoms with Gasteiger partial charge in [-0.15, -0.1) is 0 Å². The number of ether oxygens (including phenoxy) is 1. The van der Waals surface area contributed by atoms with Crippen LogP contribution >= 0.6 is 15.9 Å². The van der Waals surface area contributed by atoms with Crippen molar-refractivity contribution in [2.45, 2.75) is 6.42 Å². The first-order valence-electron chi connectivity index (χ1n) is 9.08. The Morgan fingerprint density at radius 2 is 1.72 bits per heavy atom. The summed E-state index contributed by atoms with van der Waals surface area (Å²) in [6.07, 6.45) is 1.77. The van der Waals surface area contributed by atoms with Gasteiger partial charge >= 0.3 is 0 Å². The quantitative estimate of drug-likeness (QED) is 0.509. The Morgan fingerprint density at radius 1 is 0.931 bits per heavy atom. The highest BCUT2D eigenvalue weighted by Gasteiger charge is 2.08. The van der Waals surface area contributed by atoms with Gasteiger partial charge in [-0.3, -0.25) is 9.59 Å². The highest BCUT2D eigenvalue weighted by molar-refractivity contribution is 9.10. The monoisotopic (exact) mass is 453 g/mol. The second-order valence-electron chi connectivity index (χ2n) is 6.21. The number of benzene rings is 2. The Morgan fingerprint density at radius 3 is 2.45 bits per heavy atom. The minimum absolute atomic E-state index is 0.0823. The molecule has 2 amide bonds. The number of rotatable bonds is 8. The topological polar surface area (TPSA) is 80.3 Å². The molecule has 0 spiro atoms. The van der Waals surface area contributed by atoms with E-state index in [1.54, 1.807) is 12.1 Å². The number of pyridine rings is 1. The van der Waals surface area contributed by atoms with Crippen LogP contribution in [0.2, 0.25) is 0 Å². The van der Waals surface area contributed by atoms with Crippen molar-refractivity contribution in [3.63, 3.8) is 0 Å². The van der Waals surface area contributed by atoms with Crippen LogP contribution in [-0.4, -0.2) is 29.9 Å². The largest absolute Gasteiger partial charge is 0.439 e. The Labute approximate surface area is 177 Å². The maximum absolute atomic E-state index is 12.2. The molecule has 7 heteroatoms. The second-order valence-corrected chi connectivity index (χ2v) is 7.13. The fourth-order valence-corrected chi connectivity index (χ4v) is 2.93. The van der Waals surface area contributed by atoms with Crippen LogP contribution in [0.4, 0.5) is 0 Å². The van der Waals surface area contributed by atoms with Gasteiger partial charge in [-0.2, -0.15) is 0 Å². The van der Waals surface area contributed by atoms with E-state index in [1.807, 2.05) is 54.6 Å². The fraction of sp³-hybridized carbons (Fsp3) is 0.136. The van der Waals surface area contributed by atoms with Gasteiger partial charge in [-0.1, -0.05) is 52.3 Å². The summed E-state index contributed by atoms with van der Waals surface area (Å²) in [6.45, 7) is 0.685. The molecule has 0 fully saturated rings. The number of amides is 2. The summed E-state index contributed by atoms with van der Waals surface area (Å²) in [5.41, 5.74) is 1.37. The predicted octanol–water partition coefficient (Wildman–Crippen LogP) is 3.73. The normalized spacial score (nSPS) is 10.2. The smallest absolute Gasteiger partial charge is 0.252 e. The van der Waals surface area contributed by atoms with Crippen LogP contribution in [0, 0.1) is 0 Å². The van der Waals surface area contributed by atoms with Gasteiger partial charge in [0, 0.05) is 29.8 Å². The van der Waals surface area contributed by atoms with Crippen molar-refractivity contribution >= 4 is 27.7 Å². The maximum Gasteiger partial charge on any atom is 0.252 e. The first-order chi connectivity index (χ1) is 14.1. The van der Waals surface area contributed by atoms with E-state index in [0.717, 1.165) is 10.0 Å². The lowest BCUT2D eigenvalue weighted by atomic mass is 10.1. The van der Waals surface area contributed by atoms with E-state index in [4.69, 9.17) is 4.74 Å². The molecule has 0 aliphatic heterocycles. The minimum Gasteiger partial charge on any atom is -0.439 e. The van der Waals surface area contributed by atoms with Crippen LogP contribution in [0.25, 0.3) is 0 Å². The third-order valence-electron chi connectivity index (χ3n) is 3.96. The lowest BCUT2D eigenvalue weighted by molar-refractivity contribution is -0.120. The van der Waals surface area contributed by atoms with Gasteiger partial charge in [0.05, 0.1) is 12.0 Å². The standard InChI is InChI=1S/C22H20BrN3O3/c23-18-7-4-8-19(14-18)29-21-10-9-17(15-26-21)22(28)25-12-11-24-20(27)13-16-5-2-1-3-6-16/h1-10,14-15H,11-13H2,(H,24,27)(H,25,28). The molecule has 0 atom stereocenters. The van der Waals surface area contributed by atoms with Crippen LogP contribution in [0.3, 0.4) is 0 Å². The van der Waals surface area contributed by atoms with Crippen molar-refractivity contribution < 1.29 is 14.3 Å². The molecule has 2 N–H and O–H groups in total. The maximum atomic E-state index is 12.2. The number of nitrogens with one attached hydrogen (secondary N) is 2. The van der Waals surface area contributed by atoms with Crippen molar-refractivity contribution in [1.29, 1.82) is 0 Å². The molecule has 2 aromatic carbocycles. The number of carbonyl (C=O) groups excluding carboxylic acids is 2. The molecule has 0 aliphatic carbocycles. The molecule has 0 bridgehead atoms. The van der Waals surface area contributed by atoms with E-state index in [1.165, 1.54) is 6.20 Å². The SMILES string of the molecule is O=C(Cc1ccccc1)NCCNC(=O)c1ccc(Oc2cccc(Br)c2)nc1. The Bertz CT molecular complexity index is 963. The number of hydrogen-bond acceptors (Lipinski definition) is 4. The highest BCUT2D eigenvalue weighted by Crippen LogP contribution is 2.22. The minimum atomic E-state index is -0.260. The van der Waals surface area contributed by atoms with Crippen molar-refractivity contribution in [3.8, 4) is 11.6 Å². The first kappa shape index (κ1) is 20.5. The van der Waals surface area contributed by atoms with Crippen LogP contribution in [-0.2, 0) is 11.2 Å². The molecule has 3 aromatic rings. The van der Waals surface area contributed by atoms with Crippen molar-refractivity contribution in [3.05, 3.63) is 88.5 Å². The molecule has 0 radical (unpaired) electrons. The second kappa shape index (κ2) is 10.4. The predicted molar refractivity (Wildman–Crippen MR) is 114 cm³/mol. The van der Waals surface area contributed by atoms with Crippen LogP contribution < -0.4 is 15.4 Å². The summed E-state index contributed by atoms with van der Waals surface area (Å²) in [6, 6.07) is 20.2. The summed E-state index contributed by atoms with van der Waals surface area (Å²) < 4.78 is 6.55. The average molecular weight is 454 g/mol. The molecule has 6 nitrogen and oxygen atoms in total. The summed E-state index contributed by atoms with van der Waals surface area (Å²) in [4.78, 5) is 28.2. The van der Waals surface area contributed by atoms with Crippen LogP contribution in [0.15, 0.2) is 77.4 Å². The molecular weight excluding hydrogens is 434 g/mol. The Hall–Kier alpha value is -3.19. The number of carbonyl (C=O) groups is 2. The van der Waals surface area contributed by atoms with E-state index < -0.39 is 0 Å². The Kier molecular flexibility index (Phi) is 7.35. The molecular formula is C22H20BrN3O3. The third-order valence-corrected chi connectivity index (χ3v) is 4.45. The van der Waals surface area contributed by atoms with E-state index in [2.05, 4.69) is 31.5 Å². The van der Waals surface area contributed by atoms with Gasteiger partial charge in [0.25, 0.3) is 5.91 Å². The summed E-state index contributed by atoms with van der Waals surface area (Å²) in [7, 11) is 0. The number of hydrogen-bond donors (Lipinski definition) is 2. The van der Waals surface area contributed by atoms with Gasteiger partial charge in [-0.25, -0.2) is 4.98 Å². The molecule has 1 heterocycles. The summed E-state index contributed by atoms with van der Waals surface area (Å²) in [5, 5.41) is 5.54. The van der Waals surface area contributed by atoms with Crippen molar-refractivity contribution in [2.24, 2.45) is 0 Å². The van der Waals surface area contributed by atoms with Crippen molar-refractivity contribution in [2.75, 3.05) is 13.1 Å². The van der Waals surface area contributed by atoms with Gasteiger partial charge in [0.2, 0.25) is 11.8 Å². The van der Waals surface area contributed by atoms with Gasteiger partial charge in [-0.05, 0) is 29.8 Å². The van der Waals surface area contributed by atoms with Crippen LogP contribution in [0.1, 0.15) is 15.9 Å². The molecule has 148 valence electrons. The van der Waals surface area contributed by atoms with Gasteiger partial charge in [0.1, 0.15) is 5.75 Å². The molecule has 3 rings (SSSR count). The molecule has 29 heavy (non-hydrogen) atoms. The lowest BCUT2D eigenvalue weighted by Gasteiger charge is -2.08. The van der Waals surface area contributed by atoms with Crippen LogP contribution in [0.5, 0.6) is 11.6 Å². The molecule has 0 unspecified atom stereocenters. The van der Waals surface area contributed by atoms with Gasteiger partial charge < -0.3 is 15.4 Å². The number of halogens is 1. The number of nitrogens with zero attached hydrogens (tertiary/aromatic N) is 1. The van der Waals surface area contributed by atoms with E-state index in [0.29, 0.717) is 36.7 Å². The molecule has 0 saturated heterocycles. The zero-order valence-corrected chi connectivity index (χ0v) is 17.2. The zero-order valence-electron chi connectivity index (χ0n) is 15.6. The van der Waals surface area contributed by atoms with E-state index in [-0.39, 0.29) is 11.8 Å².